The molecule has 200 valence electrons. The Morgan fingerprint density at radius 1 is 1.00 bits per heavy atom. The normalized spacial score (nSPS) is 18.2. The fourth-order valence-corrected chi connectivity index (χ4v) is 7.36. The van der Waals surface area contributed by atoms with Gasteiger partial charge in [0.05, 0.1) is 5.56 Å². The van der Waals surface area contributed by atoms with E-state index in [0.29, 0.717) is 17.4 Å². The summed E-state index contributed by atoms with van der Waals surface area (Å²) < 4.78 is 0. The molecule has 2 aromatic carbocycles. The quantitative estimate of drug-likeness (QED) is 0.372. The minimum Gasteiger partial charge on any atom is -0.339 e. The number of carbonyl (C=O) groups excluding carboxylic acids is 2. The van der Waals surface area contributed by atoms with Crippen molar-refractivity contribution in [1.29, 1.82) is 0 Å². The summed E-state index contributed by atoms with van der Waals surface area (Å²) in [7, 11) is 0. The van der Waals surface area contributed by atoms with E-state index in [1.165, 1.54) is 16.0 Å². The van der Waals surface area contributed by atoms with Gasteiger partial charge in [-0.2, -0.15) is 0 Å². The number of thiophene rings is 1. The fourth-order valence-electron chi connectivity index (χ4n) is 6.05. The largest absolute Gasteiger partial charge is 0.339 e. The summed E-state index contributed by atoms with van der Waals surface area (Å²) in [5.41, 5.74) is 5.19. The molecule has 1 N–H and O–H groups in total. The van der Waals surface area contributed by atoms with Crippen molar-refractivity contribution in [3.05, 3.63) is 87.3 Å². The Hall–Kier alpha value is -2.92. The summed E-state index contributed by atoms with van der Waals surface area (Å²) in [6.45, 7) is 10.5. The molecule has 1 saturated heterocycles. The summed E-state index contributed by atoms with van der Waals surface area (Å²) >= 11 is 1.62. The Morgan fingerprint density at radius 3 is 2.42 bits per heavy atom. The van der Waals surface area contributed by atoms with Crippen LogP contribution in [0, 0.1) is 24.2 Å². The third-order valence-electron chi connectivity index (χ3n) is 8.48. The molecule has 0 bridgehead atoms. The van der Waals surface area contributed by atoms with Crippen LogP contribution < -0.4 is 5.32 Å². The number of fused-ring (bicyclic) bond motifs is 1. The van der Waals surface area contributed by atoms with Crippen LogP contribution in [0.3, 0.4) is 0 Å². The van der Waals surface area contributed by atoms with Crippen LogP contribution in [0.25, 0.3) is 0 Å². The van der Waals surface area contributed by atoms with Crippen LogP contribution in [0.2, 0.25) is 0 Å². The highest BCUT2D eigenvalue weighted by atomic mass is 32.1. The van der Waals surface area contributed by atoms with Gasteiger partial charge in [-0.05, 0) is 86.0 Å². The molecule has 38 heavy (non-hydrogen) atoms. The molecule has 2 amide bonds. The zero-order chi connectivity index (χ0) is 26.9. The molecule has 1 fully saturated rings. The lowest BCUT2D eigenvalue weighted by Crippen LogP contribution is -2.39. The van der Waals surface area contributed by atoms with Crippen LogP contribution in [0.15, 0.2) is 54.6 Å². The number of aryl methyl sites for hydroxylation is 1. The van der Waals surface area contributed by atoms with Crippen molar-refractivity contribution < 1.29 is 9.59 Å². The maximum Gasteiger partial charge on any atom is 0.257 e. The number of carbonyl (C=O) groups is 2. The van der Waals surface area contributed by atoms with Gasteiger partial charge in [0.2, 0.25) is 0 Å². The monoisotopic (exact) mass is 528 g/mol. The lowest BCUT2D eigenvalue weighted by atomic mass is 9.72. The van der Waals surface area contributed by atoms with Gasteiger partial charge in [-0.25, -0.2) is 0 Å². The van der Waals surface area contributed by atoms with Crippen LogP contribution in [0.4, 0.5) is 5.00 Å². The van der Waals surface area contributed by atoms with Gasteiger partial charge in [0.15, 0.2) is 0 Å². The van der Waals surface area contributed by atoms with Gasteiger partial charge in [-0.1, -0.05) is 68.8 Å². The van der Waals surface area contributed by atoms with Gasteiger partial charge in [-0.3, -0.25) is 9.59 Å². The molecule has 4 nitrogen and oxygen atoms in total. The fraction of sp³-hybridized carbons (Fsp3) is 0.455. The average molecular weight is 529 g/mol. The molecule has 2 heterocycles. The van der Waals surface area contributed by atoms with Crippen LogP contribution in [-0.2, 0) is 19.3 Å². The lowest BCUT2D eigenvalue weighted by molar-refractivity contribution is 0.0690. The van der Waals surface area contributed by atoms with E-state index in [9.17, 15) is 9.59 Å². The summed E-state index contributed by atoms with van der Waals surface area (Å²) in [5, 5.41) is 3.89. The SMILES string of the molecule is Cc1cccc(C(=O)Nc2sc3c(c2C(=O)N2CCC(Cc4ccccc4)CC2)CCC(C(C)(C)C)C3)c1. The molecule has 0 spiro atoms. The Labute approximate surface area is 231 Å². The number of benzene rings is 2. The molecule has 5 rings (SSSR count). The maximum absolute atomic E-state index is 14.1. The van der Waals surface area contributed by atoms with Crippen molar-refractivity contribution in [3.63, 3.8) is 0 Å². The molecule has 1 atom stereocenters. The number of piperidine rings is 1. The van der Waals surface area contributed by atoms with Crippen LogP contribution >= 0.6 is 11.3 Å². The highest BCUT2D eigenvalue weighted by Crippen LogP contribution is 2.45. The van der Waals surface area contributed by atoms with E-state index < -0.39 is 0 Å². The number of amides is 2. The summed E-state index contributed by atoms with van der Waals surface area (Å²) in [5.74, 6) is 1.13. The Balaban J connectivity index is 1.37. The minimum absolute atomic E-state index is 0.0920. The van der Waals surface area contributed by atoms with E-state index in [-0.39, 0.29) is 17.2 Å². The van der Waals surface area contributed by atoms with Gasteiger partial charge in [0.25, 0.3) is 11.8 Å². The zero-order valence-electron chi connectivity index (χ0n) is 23.2. The van der Waals surface area contributed by atoms with E-state index >= 15 is 0 Å². The molecule has 0 saturated carbocycles. The predicted molar refractivity (Wildman–Crippen MR) is 157 cm³/mol. The average Bonchev–Trinajstić information content (AvgIpc) is 3.26. The smallest absolute Gasteiger partial charge is 0.257 e. The number of hydrogen-bond acceptors (Lipinski definition) is 3. The molecule has 5 heteroatoms. The van der Waals surface area contributed by atoms with Crippen LogP contribution in [0.1, 0.15) is 82.3 Å². The van der Waals surface area contributed by atoms with Crippen molar-refractivity contribution in [1.82, 2.24) is 4.90 Å². The summed E-state index contributed by atoms with van der Waals surface area (Å²) in [6.07, 6.45) is 6.07. The van der Waals surface area contributed by atoms with Crippen molar-refractivity contribution in [3.8, 4) is 0 Å². The molecular weight excluding hydrogens is 488 g/mol. The molecule has 1 aliphatic heterocycles. The van der Waals surface area contributed by atoms with Crippen molar-refractivity contribution in [2.75, 3.05) is 18.4 Å². The highest BCUT2D eigenvalue weighted by molar-refractivity contribution is 7.17. The van der Waals surface area contributed by atoms with E-state index in [1.807, 2.05) is 36.1 Å². The summed E-state index contributed by atoms with van der Waals surface area (Å²) in [4.78, 5) is 30.6. The zero-order valence-corrected chi connectivity index (χ0v) is 24.0. The number of nitrogens with one attached hydrogen (secondary N) is 1. The molecular formula is C33H40N2O2S. The molecule has 1 aromatic heterocycles. The Kier molecular flexibility index (Phi) is 7.76. The molecule has 0 radical (unpaired) electrons. The first-order chi connectivity index (χ1) is 18.2. The van der Waals surface area contributed by atoms with Gasteiger partial charge in [-0.15, -0.1) is 11.3 Å². The number of rotatable bonds is 5. The lowest BCUT2D eigenvalue weighted by Gasteiger charge is -2.35. The van der Waals surface area contributed by atoms with Gasteiger partial charge < -0.3 is 10.2 Å². The first-order valence-electron chi connectivity index (χ1n) is 14.0. The number of nitrogens with zero attached hydrogens (tertiary/aromatic N) is 1. The van der Waals surface area contributed by atoms with E-state index in [0.717, 1.165) is 67.7 Å². The standard InChI is InChI=1S/C33H40N2O2S/c1-22-9-8-12-25(19-22)30(36)34-31-29(27-14-13-26(33(2,3)4)21-28(27)38-31)32(37)35-17-15-24(16-18-35)20-23-10-6-5-7-11-23/h5-12,19,24,26H,13-18,20-21H2,1-4H3,(H,34,36). The summed E-state index contributed by atoms with van der Waals surface area (Å²) in [6, 6.07) is 18.3. The van der Waals surface area contributed by atoms with Crippen molar-refractivity contribution in [2.45, 2.75) is 66.2 Å². The van der Waals surface area contributed by atoms with E-state index in [2.05, 4.69) is 56.4 Å². The van der Waals surface area contributed by atoms with Crippen molar-refractivity contribution >= 4 is 28.2 Å². The maximum atomic E-state index is 14.1. The third kappa shape index (κ3) is 5.88. The van der Waals surface area contributed by atoms with Crippen LogP contribution in [0.5, 0.6) is 0 Å². The Morgan fingerprint density at radius 2 is 1.74 bits per heavy atom. The molecule has 3 aromatic rings. The van der Waals surface area contributed by atoms with Crippen molar-refractivity contribution in [2.24, 2.45) is 17.3 Å². The molecule has 1 aliphatic carbocycles. The molecule has 1 unspecified atom stereocenters. The third-order valence-corrected chi connectivity index (χ3v) is 9.65. The van der Waals surface area contributed by atoms with E-state index in [4.69, 9.17) is 0 Å². The second-order valence-corrected chi connectivity index (χ2v) is 13.4. The molecule has 2 aliphatic rings. The highest BCUT2D eigenvalue weighted by Gasteiger charge is 2.36. The second-order valence-electron chi connectivity index (χ2n) is 12.3. The van der Waals surface area contributed by atoms with Gasteiger partial charge in [0.1, 0.15) is 5.00 Å². The second kappa shape index (κ2) is 11.1. The topological polar surface area (TPSA) is 49.4 Å². The number of anilines is 1. The van der Waals surface area contributed by atoms with Crippen LogP contribution in [-0.4, -0.2) is 29.8 Å². The van der Waals surface area contributed by atoms with Gasteiger partial charge in [0, 0.05) is 23.5 Å². The number of likely N-dealkylation sites (tertiary alicyclic amines) is 1. The first-order valence-corrected chi connectivity index (χ1v) is 14.9. The van der Waals surface area contributed by atoms with Gasteiger partial charge >= 0.3 is 0 Å². The number of hydrogen-bond donors (Lipinski definition) is 1. The predicted octanol–water partition coefficient (Wildman–Crippen LogP) is 7.55. The van der Waals surface area contributed by atoms with E-state index in [1.54, 1.807) is 11.3 Å². The Bertz CT molecular complexity index is 1300. The minimum atomic E-state index is -0.143. The first kappa shape index (κ1) is 26.7.